The van der Waals surface area contributed by atoms with Gasteiger partial charge in [0.2, 0.25) is 11.8 Å². The van der Waals surface area contributed by atoms with Gasteiger partial charge in [-0.2, -0.15) is 13.2 Å². The molecule has 1 N–H and O–H groups in total. The van der Waals surface area contributed by atoms with Crippen LogP contribution >= 0.6 is 0 Å². The van der Waals surface area contributed by atoms with Gasteiger partial charge in [-0.05, 0) is 30.7 Å². The van der Waals surface area contributed by atoms with Gasteiger partial charge in [-0.3, -0.25) is 9.59 Å². The number of benzene rings is 2. The highest BCUT2D eigenvalue weighted by Crippen LogP contribution is 2.35. The monoisotopic (exact) mass is 470 g/mol. The third kappa shape index (κ3) is 4.87. The van der Waals surface area contributed by atoms with Gasteiger partial charge in [0.1, 0.15) is 5.75 Å². The van der Waals surface area contributed by atoms with E-state index in [1.165, 1.54) is 12.0 Å². The lowest BCUT2D eigenvalue weighted by atomic mass is 10.1. The lowest BCUT2D eigenvalue weighted by Gasteiger charge is -2.18. The molecular formula is C21H21F3N2O5S. The van der Waals surface area contributed by atoms with Crippen molar-refractivity contribution < 1.29 is 35.9 Å². The van der Waals surface area contributed by atoms with Gasteiger partial charge < -0.3 is 15.0 Å². The third-order valence-electron chi connectivity index (χ3n) is 5.12. The predicted octanol–water partition coefficient (Wildman–Crippen LogP) is 3.28. The molecule has 32 heavy (non-hydrogen) atoms. The zero-order valence-electron chi connectivity index (χ0n) is 17.3. The number of rotatable bonds is 6. The van der Waals surface area contributed by atoms with Gasteiger partial charge in [-0.15, -0.1) is 0 Å². The van der Waals surface area contributed by atoms with Crippen molar-refractivity contribution in [2.75, 3.05) is 19.0 Å². The fourth-order valence-electron chi connectivity index (χ4n) is 3.33. The minimum Gasteiger partial charge on any atom is -0.495 e. The molecule has 172 valence electrons. The predicted molar refractivity (Wildman–Crippen MR) is 110 cm³/mol. The number of anilines is 1. The summed E-state index contributed by atoms with van der Waals surface area (Å²) in [6.07, 6.45) is -0.0689. The summed E-state index contributed by atoms with van der Waals surface area (Å²) in [6, 6.07) is 10.1. The number of nitrogens with zero attached hydrogens (tertiary/aromatic N) is 1. The van der Waals surface area contributed by atoms with E-state index in [2.05, 4.69) is 5.32 Å². The Hall–Kier alpha value is -3.08. The van der Waals surface area contributed by atoms with E-state index in [0.29, 0.717) is 12.6 Å². The van der Waals surface area contributed by atoms with E-state index in [4.69, 9.17) is 4.74 Å². The average molecular weight is 470 g/mol. The van der Waals surface area contributed by atoms with E-state index in [-0.39, 0.29) is 30.3 Å². The van der Waals surface area contributed by atoms with Gasteiger partial charge in [0, 0.05) is 19.5 Å². The van der Waals surface area contributed by atoms with Crippen molar-refractivity contribution in [3.63, 3.8) is 0 Å². The van der Waals surface area contributed by atoms with Crippen LogP contribution < -0.4 is 10.1 Å². The lowest BCUT2D eigenvalue weighted by Crippen LogP contribution is -2.28. The SMILES string of the molecule is COc1ccc(S(=O)(=O)C(F)(F)F)cc1NC(=O)C1CC(=O)N(Cc2ccc(C)cc2)C1. The van der Waals surface area contributed by atoms with Crippen molar-refractivity contribution >= 4 is 27.3 Å². The number of ether oxygens (including phenoxy) is 1. The Morgan fingerprint density at radius 2 is 1.84 bits per heavy atom. The van der Waals surface area contributed by atoms with Crippen molar-refractivity contribution in [2.45, 2.75) is 30.3 Å². The molecule has 0 spiro atoms. The molecule has 0 saturated carbocycles. The molecule has 2 aromatic rings. The highest BCUT2D eigenvalue weighted by Gasteiger charge is 2.47. The first kappa shape index (κ1) is 23.6. The Morgan fingerprint density at radius 1 is 1.19 bits per heavy atom. The maximum absolute atomic E-state index is 12.9. The lowest BCUT2D eigenvalue weighted by molar-refractivity contribution is -0.128. The van der Waals surface area contributed by atoms with Gasteiger partial charge in [0.05, 0.1) is 23.6 Å². The first-order valence-corrected chi connectivity index (χ1v) is 11.0. The van der Waals surface area contributed by atoms with Gasteiger partial charge in [-0.25, -0.2) is 8.42 Å². The number of carbonyl (C=O) groups excluding carboxylic acids is 2. The second-order valence-electron chi connectivity index (χ2n) is 7.46. The molecule has 1 aliphatic heterocycles. The maximum atomic E-state index is 12.9. The number of amides is 2. The summed E-state index contributed by atoms with van der Waals surface area (Å²) in [5.74, 6) is -1.61. The molecule has 0 aliphatic carbocycles. The van der Waals surface area contributed by atoms with Crippen LogP contribution in [0, 0.1) is 12.8 Å². The van der Waals surface area contributed by atoms with E-state index in [0.717, 1.165) is 23.3 Å². The zero-order valence-corrected chi connectivity index (χ0v) is 18.1. The largest absolute Gasteiger partial charge is 0.501 e. The summed E-state index contributed by atoms with van der Waals surface area (Å²) in [6.45, 7) is 2.39. The molecule has 7 nitrogen and oxygen atoms in total. The smallest absolute Gasteiger partial charge is 0.495 e. The number of carbonyl (C=O) groups is 2. The number of nitrogens with one attached hydrogen (secondary N) is 1. The topological polar surface area (TPSA) is 92.8 Å². The van der Waals surface area contributed by atoms with Crippen LogP contribution in [0.5, 0.6) is 5.75 Å². The van der Waals surface area contributed by atoms with Crippen molar-refractivity contribution in [3.8, 4) is 5.75 Å². The molecule has 11 heteroatoms. The number of halogens is 3. The van der Waals surface area contributed by atoms with Crippen molar-refractivity contribution in [2.24, 2.45) is 5.92 Å². The minimum absolute atomic E-state index is 0.0136. The molecule has 2 aromatic carbocycles. The Balaban J connectivity index is 1.76. The van der Waals surface area contributed by atoms with Gasteiger partial charge in [-0.1, -0.05) is 29.8 Å². The fourth-order valence-corrected chi connectivity index (χ4v) is 4.12. The molecule has 1 atom stereocenters. The third-order valence-corrected chi connectivity index (χ3v) is 6.61. The highest BCUT2D eigenvalue weighted by molar-refractivity contribution is 7.92. The van der Waals surface area contributed by atoms with Crippen LogP contribution in [0.2, 0.25) is 0 Å². The Bertz CT molecular complexity index is 1130. The van der Waals surface area contributed by atoms with E-state index in [9.17, 15) is 31.2 Å². The molecule has 1 aliphatic rings. The summed E-state index contributed by atoms with van der Waals surface area (Å²) in [4.78, 5) is 25.6. The molecule has 0 bridgehead atoms. The van der Waals surface area contributed by atoms with E-state index in [1.54, 1.807) is 0 Å². The van der Waals surface area contributed by atoms with Crippen LogP contribution in [0.25, 0.3) is 0 Å². The first-order chi connectivity index (χ1) is 14.9. The second-order valence-corrected chi connectivity index (χ2v) is 9.40. The van der Waals surface area contributed by atoms with Crippen LogP contribution in [-0.2, 0) is 26.0 Å². The summed E-state index contributed by atoms with van der Waals surface area (Å²) in [5, 5.41) is 2.41. The quantitative estimate of drug-likeness (QED) is 0.700. The summed E-state index contributed by atoms with van der Waals surface area (Å²) >= 11 is 0. The standard InChI is InChI=1S/C21H21F3N2O5S/c1-13-3-5-14(6-4-13)11-26-12-15(9-19(26)27)20(28)25-17-10-16(7-8-18(17)31-2)32(29,30)21(22,23)24/h3-8,10,15H,9,11-12H2,1-2H3,(H,25,28). The highest BCUT2D eigenvalue weighted by atomic mass is 32.2. The van der Waals surface area contributed by atoms with Gasteiger partial charge in [0.15, 0.2) is 0 Å². The molecule has 1 heterocycles. The maximum Gasteiger partial charge on any atom is 0.501 e. The number of hydrogen-bond acceptors (Lipinski definition) is 5. The average Bonchev–Trinajstić information content (AvgIpc) is 3.09. The summed E-state index contributed by atoms with van der Waals surface area (Å²) in [7, 11) is -4.38. The van der Waals surface area contributed by atoms with Gasteiger partial charge >= 0.3 is 5.51 Å². The first-order valence-electron chi connectivity index (χ1n) is 9.56. The molecule has 2 amide bonds. The van der Waals surface area contributed by atoms with Crippen LogP contribution in [0.3, 0.4) is 0 Å². The Morgan fingerprint density at radius 3 is 2.44 bits per heavy atom. The number of likely N-dealkylation sites (tertiary alicyclic amines) is 1. The molecule has 1 saturated heterocycles. The van der Waals surface area contributed by atoms with Crippen LogP contribution in [0.1, 0.15) is 17.5 Å². The van der Waals surface area contributed by atoms with Crippen molar-refractivity contribution in [1.82, 2.24) is 4.90 Å². The molecule has 0 aromatic heterocycles. The van der Waals surface area contributed by atoms with E-state index in [1.807, 2.05) is 31.2 Å². The Kier molecular flexibility index (Phi) is 6.49. The van der Waals surface area contributed by atoms with Crippen molar-refractivity contribution in [3.05, 3.63) is 53.6 Å². The van der Waals surface area contributed by atoms with E-state index < -0.39 is 32.1 Å². The number of methoxy groups -OCH3 is 1. The normalized spacial score (nSPS) is 16.8. The second kappa shape index (κ2) is 8.81. The summed E-state index contributed by atoms with van der Waals surface area (Å²) in [5.41, 5.74) is -3.75. The molecule has 3 rings (SSSR count). The molecule has 1 fully saturated rings. The number of aryl methyl sites for hydroxylation is 1. The number of hydrogen-bond donors (Lipinski definition) is 1. The fraction of sp³-hybridized carbons (Fsp3) is 0.333. The minimum atomic E-state index is -5.60. The Labute approximate surface area is 183 Å². The number of sulfone groups is 1. The van der Waals surface area contributed by atoms with E-state index >= 15 is 0 Å². The van der Waals surface area contributed by atoms with Crippen LogP contribution in [0.4, 0.5) is 18.9 Å². The molecular weight excluding hydrogens is 449 g/mol. The summed E-state index contributed by atoms with van der Waals surface area (Å²) < 4.78 is 67.1. The molecule has 0 radical (unpaired) electrons. The number of alkyl halides is 3. The van der Waals surface area contributed by atoms with Crippen LogP contribution in [-0.4, -0.2) is 44.3 Å². The van der Waals surface area contributed by atoms with Crippen LogP contribution in [0.15, 0.2) is 47.4 Å². The molecule has 1 unspecified atom stereocenters. The van der Waals surface area contributed by atoms with Crippen molar-refractivity contribution in [1.29, 1.82) is 0 Å². The zero-order chi connectivity index (χ0) is 23.7. The van der Waals surface area contributed by atoms with Gasteiger partial charge in [0.25, 0.3) is 9.84 Å².